The molecule has 0 aliphatic heterocycles. The maximum Gasteiger partial charge on any atom is 0.192 e. The number of methoxy groups -OCH3 is 1. The quantitative estimate of drug-likeness (QED) is 0.259. The number of aromatic nitrogens is 4. The van der Waals surface area contributed by atoms with E-state index in [2.05, 4.69) is 44.8 Å². The van der Waals surface area contributed by atoms with E-state index in [-0.39, 0.29) is 24.0 Å². The Bertz CT molecular complexity index is 697. The van der Waals surface area contributed by atoms with Crippen molar-refractivity contribution in [3.8, 4) is 0 Å². The van der Waals surface area contributed by atoms with Crippen molar-refractivity contribution in [3.63, 3.8) is 0 Å². The zero-order valence-electron chi connectivity index (χ0n) is 15.9. The first-order chi connectivity index (χ1) is 12.0. The second-order valence-corrected chi connectivity index (χ2v) is 6.03. The molecule has 0 bridgehead atoms. The molecule has 0 atom stereocenters. The average Bonchev–Trinajstić information content (AvgIpc) is 3.18. The van der Waals surface area contributed by atoms with Crippen LogP contribution in [0.5, 0.6) is 0 Å². The number of halogens is 1. The Morgan fingerprint density at radius 1 is 1.35 bits per heavy atom. The van der Waals surface area contributed by atoms with Gasteiger partial charge < -0.3 is 24.5 Å². The third-order valence-electron chi connectivity index (χ3n) is 3.76. The zero-order chi connectivity index (χ0) is 18.2. The minimum Gasteiger partial charge on any atom is -0.383 e. The number of guanidine groups is 1. The van der Waals surface area contributed by atoms with Gasteiger partial charge >= 0.3 is 0 Å². The predicted molar refractivity (Wildman–Crippen MR) is 110 cm³/mol. The maximum absolute atomic E-state index is 5.34. The van der Waals surface area contributed by atoms with Crippen LogP contribution >= 0.6 is 24.0 Å². The average molecular weight is 477 g/mol. The van der Waals surface area contributed by atoms with Gasteiger partial charge in [-0.25, -0.2) is 4.99 Å². The minimum absolute atomic E-state index is 0. The number of ether oxygens (including phenoxy) is 1. The molecule has 2 rings (SSSR count). The lowest BCUT2D eigenvalue weighted by Crippen LogP contribution is -2.38. The molecule has 0 fully saturated rings. The van der Waals surface area contributed by atoms with Crippen molar-refractivity contribution in [1.29, 1.82) is 0 Å². The van der Waals surface area contributed by atoms with Crippen LogP contribution in [-0.2, 0) is 24.9 Å². The van der Waals surface area contributed by atoms with E-state index in [1.54, 1.807) is 7.11 Å². The number of rotatable bonds is 8. The van der Waals surface area contributed by atoms with Crippen molar-refractivity contribution in [2.75, 3.05) is 20.3 Å². The molecule has 0 amide bonds. The van der Waals surface area contributed by atoms with E-state index in [0.29, 0.717) is 38.1 Å². The first-order valence-electron chi connectivity index (χ1n) is 8.32. The molecule has 2 aromatic heterocycles. The Morgan fingerprint density at radius 3 is 2.69 bits per heavy atom. The smallest absolute Gasteiger partial charge is 0.192 e. The number of nitrogens with zero attached hydrogens (tertiary/aromatic N) is 5. The van der Waals surface area contributed by atoms with Crippen molar-refractivity contribution >= 4 is 29.9 Å². The molecule has 2 heterocycles. The molecule has 26 heavy (non-hydrogen) atoms. The number of hydrogen-bond donors (Lipinski definition) is 2. The largest absolute Gasteiger partial charge is 0.383 e. The van der Waals surface area contributed by atoms with Crippen molar-refractivity contribution in [3.05, 3.63) is 29.2 Å². The van der Waals surface area contributed by atoms with Gasteiger partial charge in [0.1, 0.15) is 12.4 Å². The summed E-state index contributed by atoms with van der Waals surface area (Å²) < 4.78 is 12.3. The van der Waals surface area contributed by atoms with Crippen LogP contribution in [0.15, 0.2) is 15.6 Å². The summed E-state index contributed by atoms with van der Waals surface area (Å²) >= 11 is 0. The minimum atomic E-state index is 0. The lowest BCUT2D eigenvalue weighted by Gasteiger charge is -2.11. The number of nitrogens with one attached hydrogen (secondary N) is 2. The first-order valence-corrected chi connectivity index (χ1v) is 8.32. The van der Waals surface area contributed by atoms with Crippen molar-refractivity contribution in [1.82, 2.24) is 30.6 Å². The zero-order valence-corrected chi connectivity index (χ0v) is 18.3. The summed E-state index contributed by atoms with van der Waals surface area (Å²) in [6, 6.07) is 1.95. The molecule has 0 aliphatic carbocycles. The van der Waals surface area contributed by atoms with Gasteiger partial charge in [0.05, 0.1) is 18.8 Å². The number of aliphatic imine (C=N–C) groups is 1. The molecular formula is C16H28IN7O2. The highest BCUT2D eigenvalue weighted by molar-refractivity contribution is 14.0. The summed E-state index contributed by atoms with van der Waals surface area (Å²) in [6.45, 7) is 8.22. The fourth-order valence-corrected chi connectivity index (χ4v) is 2.04. The Labute approximate surface area is 171 Å². The van der Waals surface area contributed by atoms with Crippen molar-refractivity contribution < 1.29 is 9.26 Å². The van der Waals surface area contributed by atoms with Gasteiger partial charge in [0.25, 0.3) is 0 Å². The summed E-state index contributed by atoms with van der Waals surface area (Å²) in [5, 5.41) is 18.7. The molecule has 0 aromatic carbocycles. The molecule has 146 valence electrons. The summed E-state index contributed by atoms with van der Waals surface area (Å²) in [5.74, 6) is 3.41. The van der Waals surface area contributed by atoms with E-state index in [9.17, 15) is 0 Å². The van der Waals surface area contributed by atoms with Crippen LogP contribution in [-0.4, -0.2) is 46.1 Å². The van der Waals surface area contributed by atoms with E-state index in [0.717, 1.165) is 23.1 Å². The molecule has 9 nitrogen and oxygen atoms in total. The predicted octanol–water partition coefficient (Wildman–Crippen LogP) is 1.73. The molecule has 2 aromatic rings. The highest BCUT2D eigenvalue weighted by atomic mass is 127. The Morgan fingerprint density at radius 2 is 2.12 bits per heavy atom. The number of hydrogen-bond acceptors (Lipinski definition) is 6. The normalized spacial score (nSPS) is 11.5. The van der Waals surface area contributed by atoms with Crippen LogP contribution in [0.2, 0.25) is 0 Å². The lowest BCUT2D eigenvalue weighted by molar-refractivity contribution is 0.203. The Balaban J connectivity index is 0.00000338. The standard InChI is InChI=1S/C16H27N7O2.HI/c1-11(2)14-8-13(25-22-14)9-18-16(17-6-7-24-5)19-10-15-21-20-12(3)23(15)4;/h8,11H,6-7,9-10H2,1-5H3,(H2,17,18,19);1H. The molecule has 0 aliphatic rings. The second-order valence-electron chi connectivity index (χ2n) is 6.03. The molecule has 0 saturated heterocycles. The Kier molecular flexibility index (Phi) is 9.55. The highest BCUT2D eigenvalue weighted by Crippen LogP contribution is 2.13. The van der Waals surface area contributed by atoms with Crippen LogP contribution < -0.4 is 10.6 Å². The molecule has 0 unspecified atom stereocenters. The van der Waals surface area contributed by atoms with Crippen LogP contribution in [0.4, 0.5) is 0 Å². The van der Waals surface area contributed by atoms with Gasteiger partial charge in [-0.05, 0) is 12.8 Å². The van der Waals surface area contributed by atoms with E-state index >= 15 is 0 Å². The molecular weight excluding hydrogens is 449 g/mol. The first kappa shape index (κ1) is 22.4. The maximum atomic E-state index is 5.34. The summed E-state index contributed by atoms with van der Waals surface area (Å²) in [4.78, 5) is 4.55. The van der Waals surface area contributed by atoms with E-state index in [1.807, 2.05) is 24.6 Å². The van der Waals surface area contributed by atoms with Gasteiger partial charge in [-0.2, -0.15) is 0 Å². The summed E-state index contributed by atoms with van der Waals surface area (Å²) in [6.07, 6.45) is 0. The fourth-order valence-electron chi connectivity index (χ4n) is 2.04. The van der Waals surface area contributed by atoms with Gasteiger partial charge in [-0.15, -0.1) is 34.2 Å². The lowest BCUT2D eigenvalue weighted by atomic mass is 10.1. The van der Waals surface area contributed by atoms with Gasteiger partial charge in [0.15, 0.2) is 17.5 Å². The second kappa shape index (κ2) is 11.1. The van der Waals surface area contributed by atoms with Gasteiger partial charge in [-0.1, -0.05) is 19.0 Å². The third-order valence-corrected chi connectivity index (χ3v) is 3.76. The van der Waals surface area contributed by atoms with Crippen molar-refractivity contribution in [2.24, 2.45) is 12.0 Å². The topological polar surface area (TPSA) is 102 Å². The summed E-state index contributed by atoms with van der Waals surface area (Å²) in [5.41, 5.74) is 0.942. The van der Waals surface area contributed by atoms with E-state index in [4.69, 9.17) is 9.26 Å². The fraction of sp³-hybridized carbons (Fsp3) is 0.625. The SMILES string of the molecule is COCCNC(=NCc1nnc(C)n1C)NCc1cc(C(C)C)no1.I. The van der Waals surface area contributed by atoms with Crippen molar-refractivity contribution in [2.45, 2.75) is 39.8 Å². The Hall–Kier alpha value is -1.69. The number of aryl methyl sites for hydroxylation is 1. The molecule has 0 spiro atoms. The molecule has 2 N–H and O–H groups in total. The van der Waals surface area contributed by atoms with Gasteiger partial charge in [0, 0.05) is 26.8 Å². The van der Waals surface area contributed by atoms with Crippen LogP contribution in [0.25, 0.3) is 0 Å². The summed E-state index contributed by atoms with van der Waals surface area (Å²) in [7, 11) is 3.59. The van der Waals surface area contributed by atoms with Crippen LogP contribution in [0, 0.1) is 6.92 Å². The third kappa shape index (κ3) is 6.56. The monoisotopic (exact) mass is 477 g/mol. The molecule has 0 radical (unpaired) electrons. The van der Waals surface area contributed by atoms with E-state index in [1.165, 1.54) is 0 Å². The van der Waals surface area contributed by atoms with Gasteiger partial charge in [-0.3, -0.25) is 0 Å². The molecule has 0 saturated carbocycles. The van der Waals surface area contributed by atoms with Gasteiger partial charge in [0.2, 0.25) is 0 Å². The van der Waals surface area contributed by atoms with Crippen LogP contribution in [0.3, 0.4) is 0 Å². The molecule has 10 heteroatoms. The van der Waals surface area contributed by atoms with Crippen LogP contribution in [0.1, 0.15) is 42.9 Å². The highest BCUT2D eigenvalue weighted by Gasteiger charge is 2.09. The van der Waals surface area contributed by atoms with E-state index < -0.39 is 0 Å².